The van der Waals surface area contributed by atoms with Gasteiger partial charge in [-0.25, -0.2) is 4.79 Å². The number of halogens is 1. The number of nitrogens with one attached hydrogen (secondary N) is 2. The lowest BCUT2D eigenvalue weighted by Gasteiger charge is -2.22. The summed E-state index contributed by atoms with van der Waals surface area (Å²) in [6.45, 7) is 2.89. The van der Waals surface area contributed by atoms with Crippen molar-refractivity contribution in [3.63, 3.8) is 0 Å². The van der Waals surface area contributed by atoms with Gasteiger partial charge in [0.2, 0.25) is 0 Å². The van der Waals surface area contributed by atoms with Gasteiger partial charge in [0.25, 0.3) is 0 Å². The van der Waals surface area contributed by atoms with Crippen LogP contribution in [0.4, 0.5) is 0 Å². The Morgan fingerprint density at radius 3 is 2.89 bits per heavy atom. The van der Waals surface area contributed by atoms with E-state index < -0.39 is 0 Å². The third-order valence-corrected chi connectivity index (χ3v) is 3.87. The zero-order chi connectivity index (χ0) is 12.5. The molecule has 0 aliphatic carbocycles. The molecule has 2 aromatic rings. The Morgan fingerprint density at radius 2 is 2.11 bits per heavy atom. The van der Waals surface area contributed by atoms with Gasteiger partial charge in [-0.05, 0) is 50.0 Å². The fourth-order valence-corrected chi connectivity index (χ4v) is 2.81. The van der Waals surface area contributed by atoms with Gasteiger partial charge in [-0.3, -0.25) is 4.57 Å². The first-order valence-electron chi connectivity index (χ1n) is 6.33. The summed E-state index contributed by atoms with van der Waals surface area (Å²) in [6, 6.07) is 5.55. The summed E-state index contributed by atoms with van der Waals surface area (Å²) >= 11 is 5.93. The van der Waals surface area contributed by atoms with Crippen molar-refractivity contribution in [3.05, 3.63) is 33.7 Å². The maximum absolute atomic E-state index is 12.0. The maximum atomic E-state index is 12.0. The molecule has 0 amide bonds. The Morgan fingerprint density at radius 1 is 1.33 bits per heavy atom. The van der Waals surface area contributed by atoms with Crippen LogP contribution >= 0.6 is 11.6 Å². The van der Waals surface area contributed by atoms with E-state index in [1.165, 1.54) is 0 Å². The minimum Gasteiger partial charge on any atom is -0.317 e. The first-order valence-corrected chi connectivity index (χ1v) is 6.70. The average molecular weight is 266 g/mol. The number of rotatable bonds is 2. The van der Waals surface area contributed by atoms with Crippen LogP contribution in [0.2, 0.25) is 5.02 Å². The third-order valence-electron chi connectivity index (χ3n) is 3.64. The quantitative estimate of drug-likeness (QED) is 0.872. The van der Waals surface area contributed by atoms with Crippen LogP contribution in [0.15, 0.2) is 23.0 Å². The number of aromatic nitrogens is 2. The number of imidazole rings is 1. The van der Waals surface area contributed by atoms with Crippen molar-refractivity contribution in [2.75, 3.05) is 13.1 Å². The van der Waals surface area contributed by atoms with E-state index in [1.807, 2.05) is 16.7 Å². The summed E-state index contributed by atoms with van der Waals surface area (Å²) in [5.74, 6) is 0.582. The van der Waals surface area contributed by atoms with E-state index in [1.54, 1.807) is 6.07 Å². The Hall–Kier alpha value is -1.26. The second kappa shape index (κ2) is 4.78. The average Bonchev–Trinajstić information content (AvgIpc) is 2.66. The van der Waals surface area contributed by atoms with Crippen molar-refractivity contribution >= 4 is 22.6 Å². The van der Waals surface area contributed by atoms with Crippen molar-refractivity contribution in [2.45, 2.75) is 19.4 Å². The molecule has 1 aromatic carbocycles. The van der Waals surface area contributed by atoms with Gasteiger partial charge in [-0.1, -0.05) is 11.6 Å². The number of piperidine rings is 1. The highest BCUT2D eigenvalue weighted by Crippen LogP contribution is 2.19. The molecule has 0 radical (unpaired) electrons. The minimum absolute atomic E-state index is 0.0363. The van der Waals surface area contributed by atoms with E-state index in [-0.39, 0.29) is 5.69 Å². The van der Waals surface area contributed by atoms with Crippen LogP contribution in [-0.2, 0) is 6.54 Å². The molecule has 1 aliphatic heterocycles. The first-order chi connectivity index (χ1) is 8.74. The van der Waals surface area contributed by atoms with Gasteiger partial charge in [0, 0.05) is 11.6 Å². The van der Waals surface area contributed by atoms with Gasteiger partial charge < -0.3 is 10.3 Å². The molecule has 0 saturated carbocycles. The summed E-state index contributed by atoms with van der Waals surface area (Å²) in [6.07, 6.45) is 2.26. The summed E-state index contributed by atoms with van der Waals surface area (Å²) in [4.78, 5) is 14.8. The van der Waals surface area contributed by atoms with Crippen molar-refractivity contribution < 1.29 is 0 Å². The number of nitrogens with zero attached hydrogens (tertiary/aromatic N) is 1. The number of benzene rings is 1. The first kappa shape index (κ1) is 11.8. The molecule has 1 aromatic heterocycles. The Balaban J connectivity index is 1.95. The highest BCUT2D eigenvalue weighted by atomic mass is 35.5. The topological polar surface area (TPSA) is 49.8 Å². The molecule has 3 rings (SSSR count). The summed E-state index contributed by atoms with van der Waals surface area (Å²) < 4.78 is 1.83. The highest BCUT2D eigenvalue weighted by molar-refractivity contribution is 6.31. The summed E-state index contributed by atoms with van der Waals surface area (Å²) in [5, 5.41) is 3.99. The van der Waals surface area contributed by atoms with E-state index in [2.05, 4.69) is 10.3 Å². The highest BCUT2D eigenvalue weighted by Gasteiger charge is 2.16. The molecular weight excluding hydrogens is 250 g/mol. The number of aromatic amines is 1. The number of H-pyrrole nitrogens is 1. The monoisotopic (exact) mass is 265 g/mol. The predicted molar refractivity (Wildman–Crippen MR) is 73.2 cm³/mol. The van der Waals surface area contributed by atoms with E-state index in [0.29, 0.717) is 10.9 Å². The van der Waals surface area contributed by atoms with E-state index >= 15 is 0 Å². The summed E-state index contributed by atoms with van der Waals surface area (Å²) in [7, 11) is 0. The Kier molecular flexibility index (Phi) is 3.14. The van der Waals surface area contributed by atoms with Gasteiger partial charge in [0.15, 0.2) is 0 Å². The van der Waals surface area contributed by atoms with Gasteiger partial charge in [0.05, 0.1) is 11.0 Å². The van der Waals surface area contributed by atoms with Crippen LogP contribution in [-0.4, -0.2) is 22.6 Å². The van der Waals surface area contributed by atoms with Crippen LogP contribution in [0, 0.1) is 5.92 Å². The maximum Gasteiger partial charge on any atom is 0.326 e. The second-order valence-corrected chi connectivity index (χ2v) is 5.33. The van der Waals surface area contributed by atoms with Gasteiger partial charge in [-0.15, -0.1) is 0 Å². The normalized spacial score (nSPS) is 17.4. The van der Waals surface area contributed by atoms with E-state index in [0.717, 1.165) is 43.5 Å². The Bertz CT molecular complexity index is 610. The number of hydrogen-bond acceptors (Lipinski definition) is 2. The fraction of sp³-hybridized carbons (Fsp3) is 0.462. The zero-order valence-corrected chi connectivity index (χ0v) is 10.8. The molecule has 1 fully saturated rings. The van der Waals surface area contributed by atoms with Crippen molar-refractivity contribution in [3.8, 4) is 0 Å². The van der Waals surface area contributed by atoms with Gasteiger partial charge >= 0.3 is 5.69 Å². The molecule has 0 spiro atoms. The molecule has 2 N–H and O–H groups in total. The van der Waals surface area contributed by atoms with Gasteiger partial charge in [-0.2, -0.15) is 0 Å². The molecule has 0 atom stereocenters. The Labute approximate surface area is 110 Å². The standard InChI is InChI=1S/C13H16ClN3O/c14-10-1-2-12-11(7-10)16-13(18)17(12)8-9-3-5-15-6-4-9/h1-2,7,9,15H,3-6,8H2,(H,16,18). The molecule has 4 nitrogen and oxygen atoms in total. The smallest absolute Gasteiger partial charge is 0.317 e. The molecule has 5 heteroatoms. The predicted octanol–water partition coefficient (Wildman–Crippen LogP) is 1.98. The van der Waals surface area contributed by atoms with E-state index in [4.69, 9.17) is 11.6 Å². The fourth-order valence-electron chi connectivity index (χ4n) is 2.64. The molecule has 0 bridgehead atoms. The molecule has 18 heavy (non-hydrogen) atoms. The summed E-state index contributed by atoms with van der Waals surface area (Å²) in [5.41, 5.74) is 1.73. The molecule has 2 heterocycles. The van der Waals surface area contributed by atoms with Crippen molar-refractivity contribution in [1.29, 1.82) is 0 Å². The molecule has 1 aliphatic rings. The zero-order valence-electron chi connectivity index (χ0n) is 10.1. The number of fused-ring (bicyclic) bond motifs is 1. The van der Waals surface area contributed by atoms with Crippen LogP contribution < -0.4 is 11.0 Å². The largest absolute Gasteiger partial charge is 0.326 e. The molecule has 1 saturated heterocycles. The van der Waals surface area contributed by atoms with Crippen LogP contribution in [0.3, 0.4) is 0 Å². The lowest BCUT2D eigenvalue weighted by molar-refractivity contribution is 0.333. The molecular formula is C13H16ClN3O. The van der Waals surface area contributed by atoms with Crippen LogP contribution in [0.5, 0.6) is 0 Å². The van der Waals surface area contributed by atoms with E-state index in [9.17, 15) is 4.79 Å². The SMILES string of the molecule is O=c1[nH]c2cc(Cl)ccc2n1CC1CCNCC1. The number of hydrogen-bond donors (Lipinski definition) is 2. The minimum atomic E-state index is -0.0363. The van der Waals surface area contributed by atoms with Crippen molar-refractivity contribution in [1.82, 2.24) is 14.9 Å². The third kappa shape index (κ3) is 2.18. The lowest BCUT2D eigenvalue weighted by Crippen LogP contribution is -2.31. The van der Waals surface area contributed by atoms with Crippen LogP contribution in [0.1, 0.15) is 12.8 Å². The van der Waals surface area contributed by atoms with Crippen LogP contribution in [0.25, 0.3) is 11.0 Å². The second-order valence-electron chi connectivity index (χ2n) is 4.90. The van der Waals surface area contributed by atoms with Gasteiger partial charge in [0.1, 0.15) is 0 Å². The molecule has 96 valence electrons. The van der Waals surface area contributed by atoms with Crippen molar-refractivity contribution in [2.24, 2.45) is 5.92 Å². The molecule has 0 unspecified atom stereocenters. The lowest BCUT2D eigenvalue weighted by atomic mass is 9.98.